The van der Waals surface area contributed by atoms with Crippen molar-refractivity contribution in [1.82, 2.24) is 0 Å². The van der Waals surface area contributed by atoms with Crippen LogP contribution in [-0.4, -0.2) is 81.5 Å². The highest BCUT2D eigenvalue weighted by Crippen LogP contribution is 2.21. The van der Waals surface area contributed by atoms with Crippen LogP contribution in [0.1, 0.15) is 0 Å². The van der Waals surface area contributed by atoms with Gasteiger partial charge in [0.25, 0.3) is 0 Å². The number of aliphatic hydroxyl groups excluding tert-OH is 4. The largest absolute Gasteiger partial charge is 0.480 e. The highest BCUT2D eigenvalue weighted by Gasteiger charge is 2.44. The van der Waals surface area contributed by atoms with E-state index in [0.29, 0.717) is 0 Å². The van der Waals surface area contributed by atoms with Crippen LogP contribution in [0.4, 0.5) is 0 Å². The number of aliphatic hydroxyl groups is 4. The molecular formula is C9H17NO8. The van der Waals surface area contributed by atoms with E-state index in [1.165, 1.54) is 0 Å². The number of hydrogen-bond donors (Lipinski definition) is 6. The van der Waals surface area contributed by atoms with Crippen molar-refractivity contribution in [3.8, 4) is 0 Å². The van der Waals surface area contributed by atoms with Crippen molar-refractivity contribution in [3.63, 3.8) is 0 Å². The lowest BCUT2D eigenvalue weighted by molar-refractivity contribution is -0.301. The topological polar surface area (TPSA) is 163 Å². The zero-order valence-corrected chi connectivity index (χ0v) is 9.42. The Labute approximate surface area is 102 Å². The monoisotopic (exact) mass is 267 g/mol. The Balaban J connectivity index is 2.56. The smallest absolute Gasteiger partial charge is 0.322 e. The van der Waals surface area contributed by atoms with E-state index >= 15 is 0 Å². The second kappa shape index (κ2) is 6.38. The third-order valence-electron chi connectivity index (χ3n) is 2.61. The average molecular weight is 267 g/mol. The second-order valence-corrected chi connectivity index (χ2v) is 3.98. The van der Waals surface area contributed by atoms with Crippen LogP contribution in [0.2, 0.25) is 0 Å². The number of hydrogen-bond acceptors (Lipinski definition) is 8. The maximum Gasteiger partial charge on any atom is 0.322 e. The standard InChI is InChI=1S/C9H17NO8/c10-3(8(15)16)2-17-9-7(14)6(13)5(12)4(1-11)18-9/h3-7,9,11-14H,1-2,10H2,(H,15,16)/t3-,4?,5+,6?,7-,9+/m0/s1. The molecule has 0 saturated carbocycles. The van der Waals surface area contributed by atoms with Gasteiger partial charge >= 0.3 is 5.97 Å². The molecule has 1 rings (SSSR count). The second-order valence-electron chi connectivity index (χ2n) is 3.98. The lowest BCUT2D eigenvalue weighted by Crippen LogP contribution is -2.59. The van der Waals surface area contributed by atoms with Gasteiger partial charge in [-0.05, 0) is 0 Å². The summed E-state index contributed by atoms with van der Waals surface area (Å²) in [6.45, 7) is -1.03. The number of rotatable bonds is 5. The van der Waals surface area contributed by atoms with Gasteiger partial charge in [0.2, 0.25) is 0 Å². The molecule has 1 aliphatic heterocycles. The fraction of sp³-hybridized carbons (Fsp3) is 0.889. The fourth-order valence-corrected chi connectivity index (χ4v) is 1.47. The van der Waals surface area contributed by atoms with Gasteiger partial charge in [-0.15, -0.1) is 0 Å². The SMILES string of the molecule is N[C@@H](CO[C@@H]1OC(CO)[C@@H](O)C(O)[C@@H]1O)C(=O)O. The van der Waals surface area contributed by atoms with Gasteiger partial charge in [0.05, 0.1) is 13.2 Å². The number of aliphatic carboxylic acids is 1. The molecule has 9 heteroatoms. The minimum Gasteiger partial charge on any atom is -0.480 e. The lowest BCUT2D eigenvalue weighted by Gasteiger charge is -2.39. The van der Waals surface area contributed by atoms with E-state index in [2.05, 4.69) is 0 Å². The predicted molar refractivity (Wildman–Crippen MR) is 55.3 cm³/mol. The van der Waals surface area contributed by atoms with Crippen molar-refractivity contribution in [2.75, 3.05) is 13.2 Å². The fourth-order valence-electron chi connectivity index (χ4n) is 1.47. The summed E-state index contributed by atoms with van der Waals surface area (Å²) in [5.74, 6) is -1.29. The first-order chi connectivity index (χ1) is 8.38. The first-order valence-electron chi connectivity index (χ1n) is 5.29. The number of nitrogens with two attached hydrogens (primary N) is 1. The van der Waals surface area contributed by atoms with Gasteiger partial charge in [0.15, 0.2) is 6.29 Å². The molecule has 106 valence electrons. The highest BCUT2D eigenvalue weighted by atomic mass is 16.7. The first kappa shape index (κ1) is 15.2. The number of carbonyl (C=O) groups is 1. The lowest BCUT2D eigenvalue weighted by atomic mass is 9.99. The third kappa shape index (κ3) is 3.36. The van der Waals surface area contributed by atoms with Gasteiger partial charge in [-0.25, -0.2) is 0 Å². The van der Waals surface area contributed by atoms with Crippen LogP contribution in [0.15, 0.2) is 0 Å². The summed E-state index contributed by atoms with van der Waals surface area (Å²) in [4.78, 5) is 10.5. The molecule has 0 aromatic heterocycles. The van der Waals surface area contributed by atoms with Crippen LogP contribution < -0.4 is 5.73 Å². The van der Waals surface area contributed by atoms with E-state index in [9.17, 15) is 20.1 Å². The molecule has 0 amide bonds. The molecule has 6 atom stereocenters. The number of carboxylic acids is 1. The molecule has 0 aliphatic carbocycles. The van der Waals surface area contributed by atoms with Gasteiger partial charge < -0.3 is 40.7 Å². The Bertz CT molecular complexity index is 286. The first-order valence-corrected chi connectivity index (χ1v) is 5.29. The highest BCUT2D eigenvalue weighted by molar-refractivity contribution is 5.73. The van der Waals surface area contributed by atoms with Gasteiger partial charge in [0, 0.05) is 0 Å². The van der Waals surface area contributed by atoms with Crippen LogP contribution in [0.25, 0.3) is 0 Å². The summed E-state index contributed by atoms with van der Waals surface area (Å²) < 4.78 is 9.89. The molecule has 1 heterocycles. The molecule has 0 bridgehead atoms. The van der Waals surface area contributed by atoms with Crippen molar-refractivity contribution >= 4 is 5.97 Å². The van der Waals surface area contributed by atoms with E-state index in [0.717, 1.165) is 0 Å². The Morgan fingerprint density at radius 2 is 1.89 bits per heavy atom. The van der Waals surface area contributed by atoms with Gasteiger partial charge in [-0.3, -0.25) is 4.79 Å². The zero-order chi connectivity index (χ0) is 13.9. The predicted octanol–water partition coefficient (Wildman–Crippen LogP) is -3.79. The summed E-state index contributed by atoms with van der Waals surface area (Å²) in [5, 5.41) is 45.9. The molecule has 0 aromatic carbocycles. The minimum atomic E-state index is -1.57. The molecule has 18 heavy (non-hydrogen) atoms. The van der Waals surface area contributed by atoms with Gasteiger partial charge in [-0.2, -0.15) is 0 Å². The quantitative estimate of drug-likeness (QED) is 0.293. The molecule has 0 aromatic rings. The summed E-state index contributed by atoms with van der Waals surface area (Å²) >= 11 is 0. The minimum absolute atomic E-state index is 0.446. The molecule has 1 fully saturated rings. The zero-order valence-electron chi connectivity index (χ0n) is 9.42. The van der Waals surface area contributed by atoms with Gasteiger partial charge in [-0.1, -0.05) is 0 Å². The molecule has 7 N–H and O–H groups in total. The maximum atomic E-state index is 10.5. The van der Waals surface area contributed by atoms with Crippen LogP contribution in [0.5, 0.6) is 0 Å². The van der Waals surface area contributed by atoms with E-state index < -0.39 is 55.9 Å². The molecular weight excluding hydrogens is 250 g/mol. The summed E-state index contributed by atoms with van der Waals surface area (Å²) in [6.07, 6.45) is -7.09. The van der Waals surface area contributed by atoms with Crippen molar-refractivity contribution in [2.45, 2.75) is 36.7 Å². The van der Waals surface area contributed by atoms with Crippen molar-refractivity contribution in [1.29, 1.82) is 0 Å². The van der Waals surface area contributed by atoms with Crippen LogP contribution in [0, 0.1) is 0 Å². The Kier molecular flexibility index (Phi) is 5.41. The Morgan fingerprint density at radius 1 is 1.28 bits per heavy atom. The number of carboxylic acid groups (broad SMARTS) is 1. The summed E-state index contributed by atoms with van der Waals surface area (Å²) in [6, 6.07) is -1.31. The van der Waals surface area contributed by atoms with E-state index in [1.807, 2.05) is 0 Å². The summed E-state index contributed by atoms with van der Waals surface area (Å²) in [5.41, 5.74) is 5.19. The Hall–Kier alpha value is -0.810. The van der Waals surface area contributed by atoms with Gasteiger partial charge in [0.1, 0.15) is 30.5 Å². The van der Waals surface area contributed by atoms with E-state index in [-0.39, 0.29) is 0 Å². The van der Waals surface area contributed by atoms with Crippen LogP contribution >= 0.6 is 0 Å². The molecule has 1 aliphatic rings. The van der Waals surface area contributed by atoms with E-state index in [1.54, 1.807) is 0 Å². The van der Waals surface area contributed by atoms with Crippen LogP contribution in [0.3, 0.4) is 0 Å². The van der Waals surface area contributed by atoms with Crippen LogP contribution in [-0.2, 0) is 14.3 Å². The normalized spacial score (nSPS) is 38.4. The van der Waals surface area contributed by atoms with Crippen molar-refractivity contribution < 1.29 is 39.8 Å². The molecule has 0 spiro atoms. The third-order valence-corrected chi connectivity index (χ3v) is 2.61. The van der Waals surface area contributed by atoms with Crippen molar-refractivity contribution in [3.05, 3.63) is 0 Å². The Morgan fingerprint density at radius 3 is 2.39 bits per heavy atom. The molecule has 2 unspecified atom stereocenters. The average Bonchev–Trinajstić information content (AvgIpc) is 2.34. The maximum absolute atomic E-state index is 10.5. The molecule has 1 saturated heterocycles. The van der Waals surface area contributed by atoms with E-state index in [4.69, 9.17) is 25.4 Å². The molecule has 9 nitrogen and oxygen atoms in total. The number of ether oxygens (including phenoxy) is 2. The van der Waals surface area contributed by atoms with Crippen molar-refractivity contribution in [2.24, 2.45) is 5.73 Å². The summed E-state index contributed by atoms with van der Waals surface area (Å²) in [7, 11) is 0. The molecule has 0 radical (unpaired) electrons.